The molecular weight excluding hydrogens is 476 g/mol. The number of halogens is 1. The van der Waals surface area contributed by atoms with Gasteiger partial charge in [-0.15, -0.1) is 0 Å². The summed E-state index contributed by atoms with van der Waals surface area (Å²) in [5.74, 6) is -0.416. The molecular formula is C24H19ClN4O4S. The molecule has 1 aliphatic heterocycles. The predicted octanol–water partition coefficient (Wildman–Crippen LogP) is 4.33. The SMILES string of the molecule is O=C(Nc1ccc(Cl)c(-c2nccc3ncccc23)c1)c1ccc(N2COCCS2(=O)=O)cc1. The molecule has 0 atom stereocenters. The first-order valence-electron chi connectivity index (χ1n) is 10.4. The number of rotatable bonds is 4. The van der Waals surface area contributed by atoms with Gasteiger partial charge in [0.25, 0.3) is 5.91 Å². The molecule has 1 fully saturated rings. The van der Waals surface area contributed by atoms with Gasteiger partial charge in [0.05, 0.1) is 34.3 Å². The van der Waals surface area contributed by atoms with Gasteiger partial charge in [-0.25, -0.2) is 12.7 Å². The molecule has 172 valence electrons. The van der Waals surface area contributed by atoms with Crippen molar-refractivity contribution in [2.75, 3.05) is 28.7 Å². The Labute approximate surface area is 201 Å². The number of nitrogens with one attached hydrogen (secondary N) is 1. The van der Waals surface area contributed by atoms with Gasteiger partial charge in [-0.2, -0.15) is 0 Å². The Balaban J connectivity index is 1.39. The molecule has 0 radical (unpaired) electrons. The van der Waals surface area contributed by atoms with Crippen LogP contribution in [0.15, 0.2) is 73.1 Å². The van der Waals surface area contributed by atoms with E-state index in [1.807, 2.05) is 18.2 Å². The van der Waals surface area contributed by atoms with Crippen molar-refractivity contribution in [2.24, 2.45) is 0 Å². The third kappa shape index (κ3) is 4.33. The van der Waals surface area contributed by atoms with E-state index >= 15 is 0 Å². The van der Waals surface area contributed by atoms with Crippen LogP contribution in [0.3, 0.4) is 0 Å². The van der Waals surface area contributed by atoms with Crippen molar-refractivity contribution in [3.63, 3.8) is 0 Å². The van der Waals surface area contributed by atoms with Crippen LogP contribution in [0.25, 0.3) is 22.2 Å². The van der Waals surface area contributed by atoms with Gasteiger partial charge in [0.1, 0.15) is 6.73 Å². The van der Waals surface area contributed by atoms with E-state index in [1.165, 1.54) is 4.31 Å². The van der Waals surface area contributed by atoms with E-state index in [9.17, 15) is 13.2 Å². The number of hydrogen-bond donors (Lipinski definition) is 1. The first kappa shape index (κ1) is 22.3. The normalized spacial score (nSPS) is 15.3. The number of sulfonamides is 1. The molecule has 3 heterocycles. The number of benzene rings is 2. The lowest BCUT2D eigenvalue weighted by Gasteiger charge is -2.28. The second-order valence-electron chi connectivity index (χ2n) is 7.63. The number of hydrogen-bond acceptors (Lipinski definition) is 6. The fourth-order valence-electron chi connectivity index (χ4n) is 3.72. The Morgan fingerprint density at radius 2 is 1.85 bits per heavy atom. The monoisotopic (exact) mass is 494 g/mol. The highest BCUT2D eigenvalue weighted by Gasteiger charge is 2.26. The Bertz CT molecular complexity index is 1490. The van der Waals surface area contributed by atoms with Gasteiger partial charge in [0.15, 0.2) is 0 Å². The van der Waals surface area contributed by atoms with E-state index < -0.39 is 10.0 Å². The number of carbonyl (C=O) groups is 1. The summed E-state index contributed by atoms with van der Waals surface area (Å²) in [5, 5.41) is 4.21. The Hall–Kier alpha value is -3.53. The molecule has 10 heteroatoms. The first-order chi connectivity index (χ1) is 16.4. The number of aromatic nitrogens is 2. The lowest BCUT2D eigenvalue weighted by Crippen LogP contribution is -2.41. The number of pyridine rings is 2. The third-order valence-electron chi connectivity index (χ3n) is 5.46. The zero-order valence-corrected chi connectivity index (χ0v) is 19.4. The van der Waals surface area contributed by atoms with E-state index in [2.05, 4.69) is 15.3 Å². The van der Waals surface area contributed by atoms with Crippen LogP contribution in [0.2, 0.25) is 5.02 Å². The maximum Gasteiger partial charge on any atom is 0.255 e. The fraction of sp³-hybridized carbons (Fsp3) is 0.125. The average molecular weight is 495 g/mol. The van der Waals surface area contributed by atoms with Gasteiger partial charge in [-0.05, 0) is 60.7 Å². The first-order valence-corrected chi connectivity index (χ1v) is 12.4. The number of amides is 1. The number of anilines is 2. The van der Waals surface area contributed by atoms with E-state index in [1.54, 1.807) is 54.9 Å². The third-order valence-corrected chi connectivity index (χ3v) is 7.46. The van der Waals surface area contributed by atoms with E-state index in [0.29, 0.717) is 33.2 Å². The highest BCUT2D eigenvalue weighted by molar-refractivity contribution is 7.92. The Morgan fingerprint density at radius 1 is 1.03 bits per heavy atom. The summed E-state index contributed by atoms with van der Waals surface area (Å²) in [6, 6.07) is 17.1. The van der Waals surface area contributed by atoms with Gasteiger partial charge in [0, 0.05) is 34.6 Å². The largest absolute Gasteiger partial charge is 0.359 e. The second kappa shape index (κ2) is 9.02. The van der Waals surface area contributed by atoms with Crippen molar-refractivity contribution in [1.82, 2.24) is 9.97 Å². The second-order valence-corrected chi connectivity index (χ2v) is 10.0. The maximum atomic E-state index is 12.8. The minimum absolute atomic E-state index is 0.0425. The van der Waals surface area contributed by atoms with Crippen LogP contribution in [0, 0.1) is 0 Å². The fourth-order valence-corrected chi connectivity index (χ4v) is 5.16. The molecule has 1 amide bonds. The lowest BCUT2D eigenvalue weighted by atomic mass is 10.1. The van der Waals surface area contributed by atoms with E-state index in [-0.39, 0.29) is 25.0 Å². The summed E-state index contributed by atoms with van der Waals surface area (Å²) in [6.07, 6.45) is 3.38. The highest BCUT2D eigenvalue weighted by atomic mass is 35.5. The molecule has 1 saturated heterocycles. The molecule has 2 aromatic carbocycles. The van der Waals surface area contributed by atoms with E-state index in [4.69, 9.17) is 16.3 Å². The maximum absolute atomic E-state index is 12.8. The summed E-state index contributed by atoms with van der Waals surface area (Å²) in [6.45, 7) is 0.131. The van der Waals surface area contributed by atoms with Crippen LogP contribution in [0.5, 0.6) is 0 Å². The van der Waals surface area contributed by atoms with Crippen LogP contribution in [-0.2, 0) is 14.8 Å². The topological polar surface area (TPSA) is 101 Å². The summed E-state index contributed by atoms with van der Waals surface area (Å²) >= 11 is 6.46. The van der Waals surface area contributed by atoms with Crippen molar-refractivity contribution in [1.29, 1.82) is 0 Å². The summed E-state index contributed by atoms with van der Waals surface area (Å²) < 4.78 is 30.9. The summed E-state index contributed by atoms with van der Waals surface area (Å²) in [7, 11) is -3.42. The lowest BCUT2D eigenvalue weighted by molar-refractivity contribution is 0.102. The van der Waals surface area contributed by atoms with Crippen molar-refractivity contribution in [3.8, 4) is 11.3 Å². The molecule has 1 N–H and O–H groups in total. The molecule has 0 saturated carbocycles. The molecule has 34 heavy (non-hydrogen) atoms. The average Bonchev–Trinajstić information content (AvgIpc) is 2.85. The summed E-state index contributed by atoms with van der Waals surface area (Å²) in [4.78, 5) is 21.7. The molecule has 4 aromatic rings. The van der Waals surface area contributed by atoms with Crippen LogP contribution in [0.4, 0.5) is 11.4 Å². The minimum atomic E-state index is -3.42. The highest BCUT2D eigenvalue weighted by Crippen LogP contribution is 2.33. The summed E-state index contributed by atoms with van der Waals surface area (Å²) in [5.41, 5.74) is 3.50. The van der Waals surface area contributed by atoms with Gasteiger partial charge in [0.2, 0.25) is 10.0 Å². The number of ether oxygens (including phenoxy) is 1. The Kier molecular flexibility index (Phi) is 5.91. The zero-order valence-electron chi connectivity index (χ0n) is 17.8. The quantitative estimate of drug-likeness (QED) is 0.453. The van der Waals surface area contributed by atoms with Gasteiger partial charge < -0.3 is 10.1 Å². The molecule has 2 aromatic heterocycles. The van der Waals surface area contributed by atoms with Crippen LogP contribution in [0.1, 0.15) is 10.4 Å². The van der Waals surface area contributed by atoms with Crippen molar-refractivity contribution in [2.45, 2.75) is 0 Å². The van der Waals surface area contributed by atoms with Crippen LogP contribution < -0.4 is 9.62 Å². The molecule has 0 bridgehead atoms. The van der Waals surface area contributed by atoms with Crippen LogP contribution >= 0.6 is 11.6 Å². The van der Waals surface area contributed by atoms with Crippen molar-refractivity contribution >= 4 is 49.8 Å². The van der Waals surface area contributed by atoms with Gasteiger partial charge in [-0.3, -0.25) is 14.8 Å². The number of nitrogens with zero attached hydrogens (tertiary/aromatic N) is 3. The van der Waals surface area contributed by atoms with Crippen molar-refractivity contribution in [3.05, 3.63) is 83.6 Å². The zero-order chi connectivity index (χ0) is 23.7. The number of fused-ring (bicyclic) bond motifs is 1. The minimum Gasteiger partial charge on any atom is -0.359 e. The van der Waals surface area contributed by atoms with Crippen LogP contribution in [-0.4, -0.2) is 43.4 Å². The smallest absolute Gasteiger partial charge is 0.255 e. The molecule has 0 aliphatic carbocycles. The molecule has 0 unspecified atom stereocenters. The van der Waals surface area contributed by atoms with Gasteiger partial charge in [-0.1, -0.05) is 11.6 Å². The van der Waals surface area contributed by atoms with Gasteiger partial charge >= 0.3 is 0 Å². The molecule has 1 aliphatic rings. The molecule has 5 rings (SSSR count). The molecule has 8 nitrogen and oxygen atoms in total. The van der Waals surface area contributed by atoms with Crippen molar-refractivity contribution < 1.29 is 17.9 Å². The Morgan fingerprint density at radius 3 is 2.65 bits per heavy atom. The van der Waals surface area contributed by atoms with E-state index in [0.717, 1.165) is 10.9 Å². The number of carbonyl (C=O) groups excluding carboxylic acids is 1. The predicted molar refractivity (Wildman–Crippen MR) is 131 cm³/mol. The standard InChI is InChI=1S/C24H19ClN4O4S/c25-21-8-5-17(14-20(21)23-19-2-1-10-26-22(19)9-11-27-23)28-24(30)16-3-6-18(7-4-16)29-15-33-12-13-34(29,31)32/h1-11,14H,12-13,15H2,(H,28,30). The molecule has 0 spiro atoms.